The van der Waals surface area contributed by atoms with Gasteiger partial charge in [0.2, 0.25) is 0 Å². The molecule has 0 aliphatic heterocycles. The normalized spacial score (nSPS) is 28.2. The highest BCUT2D eigenvalue weighted by Crippen LogP contribution is 2.44. The maximum Gasteiger partial charge on any atom is -0.0297 e. The van der Waals surface area contributed by atoms with Gasteiger partial charge in [-0.25, -0.2) is 0 Å². The van der Waals surface area contributed by atoms with E-state index in [9.17, 15) is 0 Å². The Morgan fingerprint density at radius 2 is 0.529 bits per heavy atom. The molecule has 0 saturated heterocycles. The van der Waals surface area contributed by atoms with Crippen molar-refractivity contribution in [1.29, 1.82) is 0 Å². The largest absolute Gasteiger partial charge is 0.0533 e. The lowest BCUT2D eigenvalue weighted by Gasteiger charge is -2.33. The molecule has 2 fully saturated rings. The van der Waals surface area contributed by atoms with Crippen LogP contribution in [0.25, 0.3) is 0 Å². The highest BCUT2D eigenvalue weighted by molar-refractivity contribution is 4.82. The van der Waals surface area contributed by atoms with Gasteiger partial charge in [-0.15, -0.1) is 0 Å². The van der Waals surface area contributed by atoms with Crippen molar-refractivity contribution in [2.45, 2.75) is 103 Å². The van der Waals surface area contributed by atoms with Gasteiger partial charge in [0.05, 0.1) is 0 Å². The molecule has 2 aliphatic carbocycles. The molecule has 0 bridgehead atoms. The first-order valence-corrected chi connectivity index (χ1v) is 8.41. The molecule has 0 aromatic rings. The van der Waals surface area contributed by atoms with E-state index >= 15 is 0 Å². The van der Waals surface area contributed by atoms with Gasteiger partial charge in [0.15, 0.2) is 0 Å². The summed E-state index contributed by atoms with van der Waals surface area (Å²) in [5.74, 6) is 0. The third-order valence-electron chi connectivity index (χ3n) is 5.33. The maximum absolute atomic E-state index is 1.56. The topological polar surface area (TPSA) is 0 Å². The molecule has 0 aromatic carbocycles. The molecule has 0 amide bonds. The van der Waals surface area contributed by atoms with Crippen LogP contribution in [0.4, 0.5) is 0 Å². The van der Waals surface area contributed by atoms with Crippen LogP contribution in [-0.2, 0) is 0 Å². The van der Waals surface area contributed by atoms with Crippen molar-refractivity contribution in [1.82, 2.24) is 0 Å². The SMILES string of the molecule is C1CCCCCC2(CCCC1)CCCCCC2. The number of hydrogen-bond acceptors (Lipinski definition) is 0. The Morgan fingerprint density at radius 3 is 0.824 bits per heavy atom. The Hall–Kier alpha value is 0. The van der Waals surface area contributed by atoms with Crippen molar-refractivity contribution in [2.75, 3.05) is 0 Å². The Labute approximate surface area is 109 Å². The number of rotatable bonds is 0. The molecule has 0 heteroatoms. The Morgan fingerprint density at radius 1 is 0.294 bits per heavy atom. The van der Waals surface area contributed by atoms with E-state index in [1.54, 1.807) is 25.7 Å². The predicted molar refractivity (Wildman–Crippen MR) is 76.3 cm³/mol. The molecule has 0 atom stereocenters. The summed E-state index contributed by atoms with van der Waals surface area (Å²) >= 11 is 0. The van der Waals surface area contributed by atoms with E-state index in [0.717, 1.165) is 5.41 Å². The average molecular weight is 236 g/mol. The van der Waals surface area contributed by atoms with Crippen LogP contribution in [0.5, 0.6) is 0 Å². The molecule has 0 nitrogen and oxygen atoms in total. The van der Waals surface area contributed by atoms with Crippen LogP contribution in [-0.4, -0.2) is 0 Å². The Kier molecular flexibility index (Phi) is 5.88. The summed E-state index contributed by atoms with van der Waals surface area (Å²) in [6.07, 6.45) is 24.5. The van der Waals surface area contributed by atoms with Crippen LogP contribution in [0.3, 0.4) is 0 Å². The van der Waals surface area contributed by atoms with Gasteiger partial charge in [0.25, 0.3) is 0 Å². The predicted octanol–water partition coefficient (Wildman–Crippen LogP) is 6.24. The van der Waals surface area contributed by atoms with E-state index in [1.165, 1.54) is 77.0 Å². The van der Waals surface area contributed by atoms with Crippen LogP contribution in [0.1, 0.15) is 103 Å². The summed E-state index contributed by atoms with van der Waals surface area (Å²) < 4.78 is 0. The first kappa shape index (κ1) is 13.4. The molecule has 0 unspecified atom stereocenters. The minimum atomic E-state index is 0.792. The van der Waals surface area contributed by atoms with Crippen molar-refractivity contribution in [2.24, 2.45) is 5.41 Å². The van der Waals surface area contributed by atoms with E-state index < -0.39 is 0 Å². The summed E-state index contributed by atoms with van der Waals surface area (Å²) in [6, 6.07) is 0. The molecule has 2 saturated carbocycles. The molecule has 2 rings (SSSR count). The van der Waals surface area contributed by atoms with Gasteiger partial charge < -0.3 is 0 Å². The van der Waals surface area contributed by atoms with Crippen molar-refractivity contribution in [3.05, 3.63) is 0 Å². The summed E-state index contributed by atoms with van der Waals surface area (Å²) in [7, 11) is 0. The molecular formula is C17H32. The standard InChI is InChI=1S/C17H32/c1-2-4-6-10-14-17(13-9-5-3-1)15-11-7-8-12-16-17/h1-16H2. The highest BCUT2D eigenvalue weighted by Gasteiger charge is 2.29. The van der Waals surface area contributed by atoms with Gasteiger partial charge in [-0.2, -0.15) is 0 Å². The minimum absolute atomic E-state index is 0.792. The van der Waals surface area contributed by atoms with Gasteiger partial charge >= 0.3 is 0 Å². The summed E-state index contributed by atoms with van der Waals surface area (Å²) in [6.45, 7) is 0. The van der Waals surface area contributed by atoms with Gasteiger partial charge in [-0.05, 0) is 31.1 Å². The van der Waals surface area contributed by atoms with E-state index in [4.69, 9.17) is 0 Å². The maximum atomic E-state index is 1.56. The Balaban J connectivity index is 1.89. The van der Waals surface area contributed by atoms with Crippen molar-refractivity contribution in [3.8, 4) is 0 Å². The minimum Gasteiger partial charge on any atom is -0.0533 e. The fraction of sp³-hybridized carbons (Fsp3) is 1.00. The average Bonchev–Trinajstić information content (AvgIpc) is 2.59. The Bertz CT molecular complexity index is 172. The van der Waals surface area contributed by atoms with E-state index in [1.807, 2.05) is 0 Å². The molecule has 0 heterocycles. The third kappa shape index (κ3) is 4.64. The third-order valence-corrected chi connectivity index (χ3v) is 5.33. The lowest BCUT2D eigenvalue weighted by Crippen LogP contribution is -2.20. The van der Waals surface area contributed by atoms with E-state index in [0.29, 0.717) is 0 Å². The molecule has 17 heavy (non-hydrogen) atoms. The van der Waals surface area contributed by atoms with Gasteiger partial charge in [-0.1, -0.05) is 77.0 Å². The first-order valence-electron chi connectivity index (χ1n) is 8.41. The smallest absolute Gasteiger partial charge is 0.0297 e. The molecule has 0 N–H and O–H groups in total. The quantitative estimate of drug-likeness (QED) is 0.467. The van der Waals surface area contributed by atoms with Crippen molar-refractivity contribution in [3.63, 3.8) is 0 Å². The molecule has 0 aromatic heterocycles. The fourth-order valence-electron chi connectivity index (χ4n) is 4.16. The fourth-order valence-corrected chi connectivity index (χ4v) is 4.16. The molecular weight excluding hydrogens is 204 g/mol. The monoisotopic (exact) mass is 236 g/mol. The van der Waals surface area contributed by atoms with Gasteiger partial charge in [0.1, 0.15) is 0 Å². The summed E-state index contributed by atoms with van der Waals surface area (Å²) in [5, 5.41) is 0. The molecule has 2 aliphatic rings. The lowest BCUT2D eigenvalue weighted by atomic mass is 9.72. The second-order valence-corrected chi connectivity index (χ2v) is 6.74. The highest BCUT2D eigenvalue weighted by atomic mass is 14.3. The van der Waals surface area contributed by atoms with Gasteiger partial charge in [0, 0.05) is 0 Å². The second-order valence-electron chi connectivity index (χ2n) is 6.74. The zero-order valence-electron chi connectivity index (χ0n) is 11.8. The van der Waals surface area contributed by atoms with Crippen LogP contribution < -0.4 is 0 Å². The second kappa shape index (κ2) is 7.44. The molecule has 100 valence electrons. The van der Waals surface area contributed by atoms with Crippen LogP contribution in [0.2, 0.25) is 0 Å². The van der Waals surface area contributed by atoms with E-state index in [2.05, 4.69) is 0 Å². The van der Waals surface area contributed by atoms with Crippen LogP contribution in [0, 0.1) is 5.41 Å². The van der Waals surface area contributed by atoms with Crippen LogP contribution in [0.15, 0.2) is 0 Å². The molecule has 0 radical (unpaired) electrons. The van der Waals surface area contributed by atoms with E-state index in [-0.39, 0.29) is 0 Å². The first-order chi connectivity index (χ1) is 8.41. The molecule has 1 spiro atoms. The van der Waals surface area contributed by atoms with Crippen molar-refractivity contribution < 1.29 is 0 Å². The zero-order valence-corrected chi connectivity index (χ0v) is 11.8. The lowest BCUT2D eigenvalue weighted by molar-refractivity contribution is 0.190. The number of hydrogen-bond donors (Lipinski definition) is 0. The van der Waals surface area contributed by atoms with Crippen LogP contribution >= 0.6 is 0 Å². The van der Waals surface area contributed by atoms with Crippen molar-refractivity contribution >= 4 is 0 Å². The summed E-state index contributed by atoms with van der Waals surface area (Å²) in [5.41, 5.74) is 0.792. The summed E-state index contributed by atoms with van der Waals surface area (Å²) in [4.78, 5) is 0. The zero-order chi connectivity index (χ0) is 11.8. The van der Waals surface area contributed by atoms with Gasteiger partial charge in [-0.3, -0.25) is 0 Å².